The zero-order chi connectivity index (χ0) is 41.9. The summed E-state index contributed by atoms with van der Waals surface area (Å²) in [6.07, 6.45) is -9.69. The molecule has 1 aliphatic heterocycles. The molecule has 1 saturated heterocycles. The molecule has 6 rings (SSSR count). The maximum Gasteiger partial charge on any atom is 0.408 e. The number of aliphatic hydroxyl groups excluding tert-OH is 2. The molecule has 15 nitrogen and oxygen atoms in total. The summed E-state index contributed by atoms with van der Waals surface area (Å²) in [6.45, 7) is 10.2. The van der Waals surface area contributed by atoms with Gasteiger partial charge in [0, 0.05) is 31.1 Å². The third kappa shape index (κ3) is 7.23. The Hall–Kier alpha value is -4.70. The number of amides is 1. The van der Waals surface area contributed by atoms with E-state index in [1.165, 1.54) is 32.9 Å². The number of benzene rings is 2. The molecule has 1 heterocycles. The van der Waals surface area contributed by atoms with Crippen molar-refractivity contribution >= 4 is 35.6 Å². The molecule has 1 amide bonds. The highest BCUT2D eigenvalue weighted by atomic mass is 16.6. The average Bonchev–Trinajstić information content (AvgIpc) is 3.14. The largest absolute Gasteiger partial charge is 0.460 e. The number of fused-ring (bicyclic) bond motifs is 5. The molecule has 3 aliphatic carbocycles. The average molecular weight is 794 g/mol. The first-order chi connectivity index (χ1) is 26.6. The number of nitrogens with one attached hydrogen (secondary N) is 1. The van der Waals surface area contributed by atoms with Gasteiger partial charge < -0.3 is 44.3 Å². The van der Waals surface area contributed by atoms with Gasteiger partial charge in [-0.3, -0.25) is 14.4 Å². The Morgan fingerprint density at radius 2 is 1.54 bits per heavy atom. The minimum Gasteiger partial charge on any atom is -0.460 e. The quantitative estimate of drug-likeness (QED) is 0.171. The van der Waals surface area contributed by atoms with Gasteiger partial charge in [0.05, 0.1) is 35.6 Å². The van der Waals surface area contributed by atoms with Gasteiger partial charge in [-0.1, -0.05) is 62.4 Å². The molecule has 0 radical (unpaired) electrons. The monoisotopic (exact) mass is 793 g/mol. The first-order valence-electron chi connectivity index (χ1n) is 19.1. The summed E-state index contributed by atoms with van der Waals surface area (Å²) in [4.78, 5) is 83.0. The summed E-state index contributed by atoms with van der Waals surface area (Å²) in [5.41, 5.74) is -8.24. The van der Waals surface area contributed by atoms with Gasteiger partial charge in [0.2, 0.25) is 11.6 Å². The molecule has 2 bridgehead atoms. The molecule has 0 aromatic heterocycles. The number of ether oxygens (including phenoxy) is 5. The lowest BCUT2D eigenvalue weighted by Crippen LogP contribution is -2.82. The van der Waals surface area contributed by atoms with Crippen LogP contribution in [0.25, 0.3) is 0 Å². The van der Waals surface area contributed by atoms with Gasteiger partial charge >= 0.3 is 24.0 Å². The first kappa shape index (κ1) is 41.9. The highest BCUT2D eigenvalue weighted by Gasteiger charge is 2.78. The Morgan fingerprint density at radius 1 is 0.930 bits per heavy atom. The van der Waals surface area contributed by atoms with Crippen LogP contribution >= 0.6 is 0 Å². The molecular weight excluding hydrogens is 742 g/mol. The standard InChI is InChI=1S/C42H51NO14/c1-22(44)56-41-21-53-28(41)19-27(45)40(7)32(41)34(55-35(49)24-16-12-9-13-17-24)42(52)20-25(18-26(39(42,5)6)30(46)33(40)48)54-36(50)31(47)29(23-14-10-8-11-15-23)43-37(51)57-38(2,3)4/h8-17,25-29,31-32,34,45,47,52H,18-21H2,1-7H3,(H,43,51)/t25?,26?,27-,28+,29-,31+,32-,34-,40+,41-,42+/m0/s1. The van der Waals surface area contributed by atoms with E-state index in [9.17, 15) is 44.1 Å². The topological polar surface area (TPSA) is 221 Å². The molecule has 2 aromatic rings. The molecule has 4 N–H and O–H groups in total. The normalized spacial score (nSPS) is 34.0. The van der Waals surface area contributed by atoms with E-state index >= 15 is 0 Å². The van der Waals surface area contributed by atoms with Gasteiger partial charge in [-0.25, -0.2) is 14.4 Å². The van der Waals surface area contributed by atoms with Gasteiger partial charge in [-0.05, 0) is 51.8 Å². The van der Waals surface area contributed by atoms with Crippen LogP contribution in [0.4, 0.5) is 4.79 Å². The molecule has 308 valence electrons. The first-order valence-corrected chi connectivity index (χ1v) is 19.1. The number of esters is 3. The molecule has 15 heteroatoms. The number of carbonyl (C=O) groups excluding carboxylic acids is 6. The number of carbonyl (C=O) groups is 6. The smallest absolute Gasteiger partial charge is 0.408 e. The van der Waals surface area contributed by atoms with E-state index in [4.69, 9.17) is 23.7 Å². The molecule has 2 unspecified atom stereocenters. The van der Waals surface area contributed by atoms with Crippen molar-refractivity contribution < 1.29 is 67.8 Å². The van der Waals surface area contributed by atoms with Crippen molar-refractivity contribution in [3.05, 3.63) is 71.8 Å². The van der Waals surface area contributed by atoms with E-state index in [2.05, 4.69) is 5.32 Å². The maximum atomic E-state index is 14.7. The highest BCUT2D eigenvalue weighted by molar-refractivity contribution is 6.40. The van der Waals surface area contributed by atoms with Crippen LogP contribution < -0.4 is 5.32 Å². The van der Waals surface area contributed by atoms with Gasteiger partial charge in [-0.15, -0.1) is 0 Å². The fourth-order valence-corrected chi connectivity index (χ4v) is 9.37. The van der Waals surface area contributed by atoms with Crippen LogP contribution in [0.1, 0.15) is 89.7 Å². The summed E-state index contributed by atoms with van der Waals surface area (Å²) in [6, 6.07) is 14.6. The van der Waals surface area contributed by atoms with Crippen molar-refractivity contribution in [3.63, 3.8) is 0 Å². The third-order valence-electron chi connectivity index (χ3n) is 12.4. The van der Waals surface area contributed by atoms with Crippen LogP contribution in [0.2, 0.25) is 0 Å². The van der Waals surface area contributed by atoms with Crippen LogP contribution in [0.5, 0.6) is 0 Å². The summed E-state index contributed by atoms with van der Waals surface area (Å²) in [5.74, 6) is -7.89. The molecule has 2 aromatic carbocycles. The van der Waals surface area contributed by atoms with E-state index in [0.717, 1.165) is 6.92 Å². The van der Waals surface area contributed by atoms with Crippen LogP contribution in [0.15, 0.2) is 60.7 Å². The molecule has 4 aliphatic rings. The lowest BCUT2D eigenvalue weighted by Gasteiger charge is -2.67. The number of hydrogen-bond acceptors (Lipinski definition) is 14. The lowest BCUT2D eigenvalue weighted by molar-refractivity contribution is -0.348. The van der Waals surface area contributed by atoms with Crippen LogP contribution in [0, 0.1) is 22.7 Å². The van der Waals surface area contributed by atoms with Gasteiger partial charge in [-0.2, -0.15) is 0 Å². The SMILES string of the molecule is CC(=O)O[C@@]12CO[C@@H]1C[C@H](O)[C@@]1(C)C(=O)C(=O)C3CC(OC(=O)[C@H](O)[C@@H](NC(=O)OC(C)(C)C)c4ccccc4)C[C@@](O)([C@@H](OC(=O)c4ccccc4)[C@H]21)C3(C)C. The highest BCUT2D eigenvalue weighted by Crippen LogP contribution is 2.63. The van der Waals surface area contributed by atoms with E-state index in [1.54, 1.807) is 69.3 Å². The van der Waals surface area contributed by atoms with Crippen LogP contribution in [0.3, 0.4) is 0 Å². The number of ketones is 2. The Bertz CT molecular complexity index is 1910. The zero-order valence-electron chi connectivity index (χ0n) is 33.1. The number of hydrogen-bond donors (Lipinski definition) is 4. The minimum absolute atomic E-state index is 0.0762. The lowest BCUT2D eigenvalue weighted by atomic mass is 9.43. The Balaban J connectivity index is 1.44. The predicted octanol–water partition coefficient (Wildman–Crippen LogP) is 3.16. The van der Waals surface area contributed by atoms with Crippen molar-refractivity contribution in [2.75, 3.05) is 6.61 Å². The molecular formula is C42H51NO14. The van der Waals surface area contributed by atoms with Gasteiger partial charge in [0.25, 0.3) is 0 Å². The second kappa shape index (κ2) is 14.9. The number of alkyl carbamates (subject to hydrolysis) is 1. The van der Waals surface area contributed by atoms with E-state index < -0.39 is 118 Å². The van der Waals surface area contributed by atoms with Crippen molar-refractivity contribution in [2.24, 2.45) is 22.7 Å². The second-order valence-corrected chi connectivity index (χ2v) is 17.4. The molecule has 57 heavy (non-hydrogen) atoms. The Morgan fingerprint density at radius 3 is 2.11 bits per heavy atom. The number of Topliss-reactive ketones (excluding diaryl/α,β-unsaturated/α-hetero) is 2. The Kier molecular flexibility index (Phi) is 11.0. The molecule has 0 spiro atoms. The van der Waals surface area contributed by atoms with Crippen molar-refractivity contribution in [1.82, 2.24) is 5.32 Å². The predicted molar refractivity (Wildman–Crippen MR) is 198 cm³/mol. The number of rotatable bonds is 8. The van der Waals surface area contributed by atoms with Crippen molar-refractivity contribution in [1.29, 1.82) is 0 Å². The molecule has 4 fully saturated rings. The molecule has 3 saturated carbocycles. The van der Waals surface area contributed by atoms with Gasteiger partial charge in [0.15, 0.2) is 11.7 Å². The fourth-order valence-electron chi connectivity index (χ4n) is 9.37. The van der Waals surface area contributed by atoms with Crippen molar-refractivity contribution in [2.45, 2.75) is 121 Å². The van der Waals surface area contributed by atoms with Crippen LogP contribution in [-0.4, -0.2) is 105 Å². The number of aliphatic hydroxyl groups is 3. The summed E-state index contributed by atoms with van der Waals surface area (Å²) >= 11 is 0. The Labute approximate surface area is 330 Å². The summed E-state index contributed by atoms with van der Waals surface area (Å²) in [5, 5.41) is 39.1. The molecule has 11 atom stereocenters. The summed E-state index contributed by atoms with van der Waals surface area (Å²) in [7, 11) is 0. The van der Waals surface area contributed by atoms with E-state index in [1.807, 2.05) is 0 Å². The van der Waals surface area contributed by atoms with E-state index in [-0.39, 0.29) is 25.0 Å². The van der Waals surface area contributed by atoms with Crippen molar-refractivity contribution in [3.8, 4) is 0 Å². The van der Waals surface area contributed by atoms with Crippen LogP contribution in [-0.2, 0) is 42.9 Å². The second-order valence-electron chi connectivity index (χ2n) is 17.4. The maximum absolute atomic E-state index is 14.7. The van der Waals surface area contributed by atoms with Gasteiger partial charge in [0.1, 0.15) is 29.5 Å². The fraction of sp³-hybridized carbons (Fsp3) is 0.571. The third-order valence-corrected chi connectivity index (χ3v) is 12.4. The van der Waals surface area contributed by atoms with E-state index in [0.29, 0.717) is 5.56 Å². The zero-order valence-corrected chi connectivity index (χ0v) is 33.1. The minimum atomic E-state index is -2.34. The summed E-state index contributed by atoms with van der Waals surface area (Å²) < 4.78 is 29.3.